The van der Waals surface area contributed by atoms with Crippen LogP contribution in [0.4, 0.5) is 10.3 Å². The van der Waals surface area contributed by atoms with Gasteiger partial charge in [-0.05, 0) is 49.7 Å². The van der Waals surface area contributed by atoms with E-state index in [1.807, 2.05) is 29.2 Å². The first-order valence-corrected chi connectivity index (χ1v) is 10.5. The molecular formula is C23H22FN7O. The number of fused-ring (bicyclic) bond motifs is 1. The lowest BCUT2D eigenvalue weighted by atomic mass is 10.1. The maximum absolute atomic E-state index is 13.4. The first-order valence-electron chi connectivity index (χ1n) is 10.5. The lowest BCUT2D eigenvalue weighted by molar-refractivity contribution is 0.0705. The minimum Gasteiger partial charge on any atom is -0.339 e. The van der Waals surface area contributed by atoms with Crippen LogP contribution in [0.25, 0.3) is 16.6 Å². The largest absolute Gasteiger partial charge is 0.339 e. The van der Waals surface area contributed by atoms with Gasteiger partial charge in [0.2, 0.25) is 5.95 Å². The fraction of sp³-hybridized carbons (Fsp3) is 0.261. The van der Waals surface area contributed by atoms with Crippen molar-refractivity contribution >= 4 is 22.8 Å². The van der Waals surface area contributed by atoms with Crippen molar-refractivity contribution in [2.24, 2.45) is 0 Å². The highest BCUT2D eigenvalue weighted by atomic mass is 19.1. The Balaban J connectivity index is 1.35. The van der Waals surface area contributed by atoms with E-state index in [1.54, 1.807) is 24.7 Å². The molecule has 0 N–H and O–H groups in total. The lowest BCUT2D eigenvalue weighted by Gasteiger charge is -2.27. The van der Waals surface area contributed by atoms with E-state index in [4.69, 9.17) is 0 Å². The molecule has 1 aliphatic heterocycles. The van der Waals surface area contributed by atoms with Crippen LogP contribution in [0.2, 0.25) is 0 Å². The first-order chi connectivity index (χ1) is 15.6. The SMILES string of the molecule is C[C@@H]1CCN(c2ncc3cc(F)ccc3n2)CCN1C(=O)c1cccc(-n2nccn2)c1. The molecule has 1 fully saturated rings. The van der Waals surface area contributed by atoms with Crippen molar-refractivity contribution in [3.05, 3.63) is 72.4 Å². The second kappa shape index (κ2) is 8.33. The first kappa shape index (κ1) is 20.0. The molecule has 0 bridgehead atoms. The molecule has 1 atom stereocenters. The number of nitrogens with zero attached hydrogens (tertiary/aromatic N) is 7. The lowest BCUT2D eigenvalue weighted by Crippen LogP contribution is -2.40. The highest BCUT2D eigenvalue weighted by Crippen LogP contribution is 2.21. The molecule has 4 aromatic rings. The van der Waals surface area contributed by atoms with Crippen LogP contribution in [-0.4, -0.2) is 61.4 Å². The molecule has 9 heteroatoms. The molecule has 1 saturated heterocycles. The zero-order valence-corrected chi connectivity index (χ0v) is 17.6. The number of halogens is 1. The standard InChI is InChI=1S/C23H22FN7O/c1-16-7-10-29(23-25-15-18-13-19(24)5-6-21(18)28-23)11-12-30(16)22(32)17-3-2-4-20(14-17)31-26-8-9-27-31/h2-6,8-9,13-16H,7,10-12H2,1H3/t16-/m1/s1. The summed E-state index contributed by atoms with van der Waals surface area (Å²) in [6.07, 6.45) is 5.64. The summed E-state index contributed by atoms with van der Waals surface area (Å²) in [5.41, 5.74) is 2.04. The Morgan fingerprint density at radius 3 is 2.75 bits per heavy atom. The molecule has 0 spiro atoms. The molecule has 32 heavy (non-hydrogen) atoms. The molecular weight excluding hydrogens is 409 g/mol. The van der Waals surface area contributed by atoms with Gasteiger partial charge >= 0.3 is 0 Å². The fourth-order valence-corrected chi connectivity index (χ4v) is 3.99. The zero-order chi connectivity index (χ0) is 22.1. The third-order valence-electron chi connectivity index (χ3n) is 5.78. The average molecular weight is 431 g/mol. The second-order valence-electron chi connectivity index (χ2n) is 7.87. The van der Waals surface area contributed by atoms with E-state index in [2.05, 4.69) is 32.0 Å². The molecule has 0 aliphatic carbocycles. The van der Waals surface area contributed by atoms with Gasteiger partial charge in [-0.1, -0.05) is 6.07 Å². The van der Waals surface area contributed by atoms with Crippen LogP contribution in [-0.2, 0) is 0 Å². The molecule has 162 valence electrons. The molecule has 0 saturated carbocycles. The Morgan fingerprint density at radius 2 is 1.91 bits per heavy atom. The van der Waals surface area contributed by atoms with Crippen molar-refractivity contribution in [1.29, 1.82) is 0 Å². The van der Waals surface area contributed by atoms with Crippen molar-refractivity contribution in [2.75, 3.05) is 24.5 Å². The highest BCUT2D eigenvalue weighted by Gasteiger charge is 2.27. The highest BCUT2D eigenvalue weighted by molar-refractivity contribution is 5.95. The maximum atomic E-state index is 13.4. The molecule has 1 aliphatic rings. The van der Waals surface area contributed by atoms with E-state index in [-0.39, 0.29) is 17.8 Å². The van der Waals surface area contributed by atoms with Gasteiger partial charge in [-0.2, -0.15) is 15.0 Å². The molecule has 0 unspecified atom stereocenters. The van der Waals surface area contributed by atoms with Crippen molar-refractivity contribution in [1.82, 2.24) is 29.9 Å². The third kappa shape index (κ3) is 3.89. The van der Waals surface area contributed by atoms with Crippen LogP contribution >= 0.6 is 0 Å². The predicted octanol–water partition coefficient (Wildman–Crippen LogP) is 3.09. The summed E-state index contributed by atoms with van der Waals surface area (Å²) in [4.78, 5) is 27.8. The number of aromatic nitrogens is 5. The summed E-state index contributed by atoms with van der Waals surface area (Å²) < 4.78 is 13.4. The number of amides is 1. The Kier molecular flexibility index (Phi) is 5.22. The quantitative estimate of drug-likeness (QED) is 0.496. The van der Waals surface area contributed by atoms with Gasteiger partial charge in [0, 0.05) is 42.8 Å². The van der Waals surface area contributed by atoms with Crippen LogP contribution in [0, 0.1) is 5.82 Å². The molecule has 8 nitrogen and oxygen atoms in total. The normalized spacial score (nSPS) is 16.9. The smallest absolute Gasteiger partial charge is 0.254 e. The number of carbonyl (C=O) groups excluding carboxylic acids is 1. The average Bonchev–Trinajstić information content (AvgIpc) is 3.29. The van der Waals surface area contributed by atoms with E-state index >= 15 is 0 Å². The number of hydrogen-bond donors (Lipinski definition) is 0. The number of benzene rings is 2. The van der Waals surface area contributed by atoms with Gasteiger partial charge < -0.3 is 9.80 Å². The van der Waals surface area contributed by atoms with E-state index in [0.717, 1.165) is 18.7 Å². The van der Waals surface area contributed by atoms with Gasteiger partial charge in [-0.15, -0.1) is 0 Å². The Labute approximate surface area is 184 Å². The van der Waals surface area contributed by atoms with Crippen LogP contribution in [0.15, 0.2) is 61.1 Å². The van der Waals surface area contributed by atoms with Crippen molar-refractivity contribution in [2.45, 2.75) is 19.4 Å². The monoisotopic (exact) mass is 431 g/mol. The summed E-state index contributed by atoms with van der Waals surface area (Å²) in [7, 11) is 0. The number of rotatable bonds is 3. The van der Waals surface area contributed by atoms with Crippen LogP contribution in [0.3, 0.4) is 0 Å². The summed E-state index contributed by atoms with van der Waals surface area (Å²) in [6, 6.07) is 11.9. The van der Waals surface area contributed by atoms with E-state index in [0.29, 0.717) is 35.5 Å². The molecule has 1 amide bonds. The third-order valence-corrected chi connectivity index (χ3v) is 5.78. The van der Waals surface area contributed by atoms with Gasteiger partial charge in [-0.25, -0.2) is 14.4 Å². The Hall–Kier alpha value is -3.88. The minimum atomic E-state index is -0.306. The number of carbonyl (C=O) groups is 1. The Bertz CT molecular complexity index is 1260. The van der Waals surface area contributed by atoms with Gasteiger partial charge in [0.1, 0.15) is 5.82 Å². The van der Waals surface area contributed by atoms with E-state index in [9.17, 15) is 9.18 Å². The maximum Gasteiger partial charge on any atom is 0.254 e. The summed E-state index contributed by atoms with van der Waals surface area (Å²) >= 11 is 0. The van der Waals surface area contributed by atoms with Gasteiger partial charge in [0.05, 0.1) is 23.6 Å². The zero-order valence-electron chi connectivity index (χ0n) is 17.6. The summed E-state index contributed by atoms with van der Waals surface area (Å²) in [5, 5.41) is 8.94. The predicted molar refractivity (Wildman–Crippen MR) is 118 cm³/mol. The Morgan fingerprint density at radius 1 is 1.06 bits per heavy atom. The molecule has 2 aromatic carbocycles. The summed E-state index contributed by atoms with van der Waals surface area (Å²) in [5.74, 6) is 0.264. The van der Waals surface area contributed by atoms with Gasteiger partial charge in [-0.3, -0.25) is 4.79 Å². The van der Waals surface area contributed by atoms with Crippen molar-refractivity contribution in [3.63, 3.8) is 0 Å². The van der Waals surface area contributed by atoms with Crippen LogP contribution in [0.1, 0.15) is 23.7 Å². The molecule has 2 aromatic heterocycles. The molecule has 0 radical (unpaired) electrons. The number of hydrogen-bond acceptors (Lipinski definition) is 6. The second-order valence-corrected chi connectivity index (χ2v) is 7.87. The summed E-state index contributed by atoms with van der Waals surface area (Å²) in [6.45, 7) is 3.96. The van der Waals surface area contributed by atoms with E-state index in [1.165, 1.54) is 16.9 Å². The molecule has 5 rings (SSSR count). The van der Waals surface area contributed by atoms with Gasteiger partial charge in [0.25, 0.3) is 5.91 Å². The fourth-order valence-electron chi connectivity index (χ4n) is 3.99. The van der Waals surface area contributed by atoms with E-state index < -0.39 is 0 Å². The van der Waals surface area contributed by atoms with Crippen LogP contribution < -0.4 is 4.90 Å². The van der Waals surface area contributed by atoms with Crippen LogP contribution in [0.5, 0.6) is 0 Å². The molecule has 3 heterocycles. The number of anilines is 1. The van der Waals surface area contributed by atoms with Crippen molar-refractivity contribution < 1.29 is 9.18 Å². The topological polar surface area (TPSA) is 80.0 Å². The van der Waals surface area contributed by atoms with Gasteiger partial charge in [0.15, 0.2) is 0 Å². The minimum absolute atomic E-state index is 0.0248. The van der Waals surface area contributed by atoms with Crippen molar-refractivity contribution in [3.8, 4) is 5.69 Å².